The molecule has 0 aromatic carbocycles. The molecule has 0 aliphatic rings. The van der Waals surface area contributed by atoms with E-state index in [2.05, 4.69) is 5.32 Å². The lowest BCUT2D eigenvalue weighted by atomic mass is 9.97. The molecular weight excluding hydrogens is 640 g/mol. The quantitative estimate of drug-likeness (QED) is 0.172. The van der Waals surface area contributed by atoms with E-state index in [4.69, 9.17) is 4.74 Å². The van der Waals surface area contributed by atoms with Gasteiger partial charge in [-0.15, -0.1) is 11.8 Å². The zero-order valence-electron chi connectivity index (χ0n) is 29.0. The van der Waals surface area contributed by atoms with Gasteiger partial charge in [0.25, 0.3) is 11.8 Å². The second-order valence-electron chi connectivity index (χ2n) is 11.8. The van der Waals surface area contributed by atoms with E-state index in [0.717, 1.165) is 19.0 Å². The van der Waals surface area contributed by atoms with E-state index in [1.807, 2.05) is 26.1 Å². The van der Waals surface area contributed by atoms with E-state index in [1.165, 1.54) is 51.7 Å². The Morgan fingerprint density at radius 2 is 1.30 bits per heavy atom. The van der Waals surface area contributed by atoms with Gasteiger partial charge in [-0.1, -0.05) is 6.92 Å². The highest BCUT2D eigenvalue weighted by Crippen LogP contribution is 2.25. The van der Waals surface area contributed by atoms with Gasteiger partial charge in [0.15, 0.2) is 5.37 Å². The number of amides is 13. The van der Waals surface area contributed by atoms with Crippen LogP contribution in [0.3, 0.4) is 0 Å². The third kappa shape index (κ3) is 14.6. The summed E-state index contributed by atoms with van der Waals surface area (Å²) >= 11 is 1.17. The third-order valence-electron chi connectivity index (χ3n) is 6.87. The van der Waals surface area contributed by atoms with Crippen LogP contribution in [0.2, 0.25) is 0 Å². The van der Waals surface area contributed by atoms with Crippen LogP contribution in [0.1, 0.15) is 60.3 Å². The van der Waals surface area contributed by atoms with E-state index in [9.17, 15) is 43.5 Å². The fraction of sp³-hybridized carbons (Fsp3) is 0.714. The summed E-state index contributed by atoms with van der Waals surface area (Å²) in [7, 11) is 7.56. The van der Waals surface area contributed by atoms with Crippen molar-refractivity contribution in [2.24, 2.45) is 0 Å². The molecule has 268 valence electrons. The second kappa shape index (κ2) is 19.0. The number of carbonyl (C=O) groups is 8. The van der Waals surface area contributed by atoms with E-state index in [1.54, 1.807) is 17.7 Å². The molecule has 0 saturated carbocycles. The molecule has 5 N–H and O–H groups in total. The minimum Gasteiger partial charge on any atom is -0.390 e. The van der Waals surface area contributed by atoms with Crippen LogP contribution in [0.15, 0.2) is 0 Å². The topological polar surface area (TPSA) is 227 Å². The lowest BCUT2D eigenvalue weighted by Crippen LogP contribution is -2.58. The molecule has 47 heavy (non-hydrogen) atoms. The normalized spacial score (nSPS) is 12.5. The van der Waals surface area contributed by atoms with E-state index < -0.39 is 64.6 Å². The Morgan fingerprint density at radius 3 is 1.74 bits per heavy atom. The Morgan fingerprint density at radius 1 is 0.809 bits per heavy atom. The Bertz CT molecular complexity index is 1180. The van der Waals surface area contributed by atoms with Gasteiger partial charge in [0, 0.05) is 55.2 Å². The van der Waals surface area contributed by atoms with E-state index >= 15 is 0 Å². The number of urea groups is 5. The van der Waals surface area contributed by atoms with Gasteiger partial charge >= 0.3 is 30.2 Å². The van der Waals surface area contributed by atoms with Gasteiger partial charge in [-0.2, -0.15) is 0 Å². The van der Waals surface area contributed by atoms with Crippen LogP contribution in [0.4, 0.5) is 24.0 Å². The van der Waals surface area contributed by atoms with Gasteiger partial charge in [-0.05, 0) is 46.3 Å². The maximum absolute atomic E-state index is 13.9. The van der Waals surface area contributed by atoms with Gasteiger partial charge in [0.05, 0.1) is 11.2 Å². The van der Waals surface area contributed by atoms with Crippen molar-refractivity contribution in [1.29, 1.82) is 0 Å². The van der Waals surface area contributed by atoms with E-state index in [-0.39, 0.29) is 18.7 Å². The highest BCUT2D eigenvalue weighted by Gasteiger charge is 2.38. The molecule has 0 aromatic heterocycles. The molecule has 0 radical (unpaired) electrons. The van der Waals surface area contributed by atoms with Crippen LogP contribution < -0.4 is 21.3 Å². The Labute approximate surface area is 279 Å². The summed E-state index contributed by atoms with van der Waals surface area (Å²) in [4.78, 5) is 104. The molecule has 0 rings (SSSR count). The average molecular weight is 691 g/mol. The van der Waals surface area contributed by atoms with Crippen LogP contribution in [0.25, 0.3) is 0 Å². The van der Waals surface area contributed by atoms with Crippen LogP contribution in [-0.4, -0.2) is 143 Å². The molecular formula is C28H50N8O10S. The highest BCUT2D eigenvalue weighted by molar-refractivity contribution is 8.00. The van der Waals surface area contributed by atoms with Crippen molar-refractivity contribution in [1.82, 2.24) is 40.9 Å². The molecule has 0 bridgehead atoms. The first-order chi connectivity index (χ1) is 21.5. The van der Waals surface area contributed by atoms with Crippen molar-refractivity contribution in [3.63, 3.8) is 0 Å². The molecule has 2 atom stereocenters. The first kappa shape index (κ1) is 43.0. The number of methoxy groups -OCH3 is 1. The lowest BCUT2D eigenvalue weighted by Gasteiger charge is -2.36. The van der Waals surface area contributed by atoms with Crippen LogP contribution in [0.5, 0.6) is 0 Å². The van der Waals surface area contributed by atoms with Gasteiger partial charge in [-0.3, -0.25) is 30.3 Å². The first-order valence-electron chi connectivity index (χ1n) is 14.6. The molecule has 0 heterocycles. The maximum atomic E-state index is 13.9. The molecule has 19 heteroatoms. The summed E-state index contributed by atoms with van der Waals surface area (Å²) in [6, 6.07) is -7.50. The molecule has 0 unspecified atom stereocenters. The number of thioether (sulfide) groups is 1. The zero-order valence-corrected chi connectivity index (χ0v) is 29.8. The summed E-state index contributed by atoms with van der Waals surface area (Å²) < 4.78 is 5.44. The first-order valence-corrected chi connectivity index (χ1v) is 15.7. The van der Waals surface area contributed by atoms with Gasteiger partial charge < -0.3 is 25.0 Å². The van der Waals surface area contributed by atoms with Crippen molar-refractivity contribution < 1.29 is 48.2 Å². The van der Waals surface area contributed by atoms with Crippen LogP contribution >= 0.6 is 11.8 Å². The lowest BCUT2D eigenvalue weighted by molar-refractivity contribution is -0.145. The summed E-state index contributed by atoms with van der Waals surface area (Å²) in [5.74, 6) is -1.60. The van der Waals surface area contributed by atoms with Gasteiger partial charge in [0.1, 0.15) is 6.04 Å². The molecule has 0 aromatic rings. The molecule has 0 aliphatic carbocycles. The molecule has 0 aliphatic heterocycles. The molecule has 0 spiro atoms. The van der Waals surface area contributed by atoms with Gasteiger partial charge in [0.2, 0.25) is 5.91 Å². The predicted molar refractivity (Wildman–Crippen MR) is 173 cm³/mol. The van der Waals surface area contributed by atoms with Crippen molar-refractivity contribution in [2.75, 3.05) is 48.1 Å². The number of ether oxygens (including phenoxy) is 1. The monoisotopic (exact) mass is 690 g/mol. The second-order valence-corrected chi connectivity index (χ2v) is 13.0. The number of nitrogens with one attached hydrogen (secondary N) is 4. The molecule has 18 nitrogen and oxygen atoms in total. The number of carbonyl (C=O) groups excluding carboxylic acids is 8. The molecule has 0 saturated heterocycles. The Balaban J connectivity index is 5.94. The number of hydrogen-bond donors (Lipinski definition) is 5. The van der Waals surface area contributed by atoms with Gasteiger partial charge in [-0.25, -0.2) is 33.8 Å². The summed E-state index contributed by atoms with van der Waals surface area (Å²) in [5.41, 5.74) is -2.01. The fourth-order valence-electron chi connectivity index (χ4n) is 3.61. The zero-order chi connectivity index (χ0) is 36.9. The van der Waals surface area contributed by atoms with Crippen molar-refractivity contribution in [3.05, 3.63) is 0 Å². The number of rotatable bonds is 13. The summed E-state index contributed by atoms with van der Waals surface area (Å²) in [5, 5.41) is 17.0. The smallest absolute Gasteiger partial charge is 0.333 e. The molecule has 0 fully saturated rings. The summed E-state index contributed by atoms with van der Waals surface area (Å²) in [6.45, 7) is 8.35. The Kier molecular flexibility index (Phi) is 17.4. The van der Waals surface area contributed by atoms with Crippen LogP contribution in [0, 0.1) is 0 Å². The average Bonchev–Trinajstić information content (AvgIpc) is 2.98. The predicted octanol–water partition coefficient (Wildman–Crippen LogP) is 1.09. The molecule has 13 amide bonds. The Hall–Kier alpha value is -3.97. The van der Waals surface area contributed by atoms with Crippen LogP contribution in [-0.2, 0) is 19.1 Å². The SMILES string of the molecule is CCCC(=O)N(C)[C@H](SCCC(C)(C)OC)C(=O)N(C)[C@@H](CC(C)(C)O)C(=O)NC(=O)N(C)C(=O)NC(=O)NC(=O)N(C)C(=O)NC. The van der Waals surface area contributed by atoms with E-state index in [0.29, 0.717) is 28.4 Å². The van der Waals surface area contributed by atoms with Crippen molar-refractivity contribution >= 4 is 59.6 Å². The number of likely N-dealkylation sites (N-methyl/N-ethyl adjacent to an activating group) is 2. The van der Waals surface area contributed by atoms with Crippen molar-refractivity contribution in [2.45, 2.75) is 82.9 Å². The number of aliphatic hydroxyl groups is 1. The van der Waals surface area contributed by atoms with Crippen molar-refractivity contribution in [3.8, 4) is 0 Å². The minimum absolute atomic E-state index is 0.182. The standard InChI is InChI=1S/C28H50N8O10S/c1-12-13-18(37)34(8)21(47-15-14-28(4,5)46-11)20(39)33(7)17(16-27(2,3)45)19(38)30-24(42)36(10)26(44)32-22(40)31-25(43)35(9)23(41)29-6/h17,21,45H,12-16H2,1-11H3,(H,29,41)(H,30,38,42)(H2,31,32,40,43,44)/t17-,21+/m0/s1. The highest BCUT2D eigenvalue weighted by atomic mass is 32.2. The largest absolute Gasteiger partial charge is 0.390 e. The fourth-order valence-corrected chi connectivity index (χ4v) is 5.10. The maximum Gasteiger partial charge on any atom is 0.333 e. The minimum atomic E-state index is -1.51. The number of hydrogen-bond acceptors (Lipinski definition) is 11. The number of nitrogens with zero attached hydrogens (tertiary/aromatic N) is 4. The third-order valence-corrected chi connectivity index (χ3v) is 8.14. The number of imide groups is 5. The summed E-state index contributed by atoms with van der Waals surface area (Å²) in [6.07, 6.45) is 0.917.